The molecule has 2 unspecified atom stereocenters. The fourth-order valence-corrected chi connectivity index (χ4v) is 7.46. The van der Waals surface area contributed by atoms with E-state index in [1.807, 2.05) is 48.5 Å². The number of unbranched alkanes of at least 4 members (excludes halogenated alkanes) is 2. The minimum atomic E-state index is -0.576. The molecule has 0 aliphatic heterocycles. The number of benzene rings is 2. The molecule has 3 aliphatic carbocycles. The smallest absolute Gasteiger partial charge is 0.328 e. The van der Waals surface area contributed by atoms with Crippen LogP contribution < -0.4 is 16.1 Å². The van der Waals surface area contributed by atoms with Gasteiger partial charge in [-0.3, -0.25) is 19.7 Å². The van der Waals surface area contributed by atoms with Gasteiger partial charge in [0.2, 0.25) is 5.91 Å². The highest BCUT2D eigenvalue weighted by Gasteiger charge is 2.49. The molecule has 0 radical (unpaired) electrons. The van der Waals surface area contributed by atoms with Crippen molar-refractivity contribution in [1.82, 2.24) is 16.1 Å². The van der Waals surface area contributed by atoms with Crippen molar-refractivity contribution in [3.63, 3.8) is 0 Å². The van der Waals surface area contributed by atoms with Gasteiger partial charge < -0.3 is 10.1 Å². The van der Waals surface area contributed by atoms with E-state index < -0.39 is 6.04 Å². The number of hydrogen-bond acceptors (Lipinski definition) is 6. The molecular weight excluding hydrogens is 566 g/mol. The van der Waals surface area contributed by atoms with Crippen LogP contribution in [-0.2, 0) is 25.7 Å². The summed E-state index contributed by atoms with van der Waals surface area (Å²) in [6.45, 7) is 3.97. The average molecular weight is 618 g/mol. The van der Waals surface area contributed by atoms with Crippen LogP contribution in [0.2, 0.25) is 0 Å². The predicted octanol–water partition coefficient (Wildman–Crippen LogP) is 6.56. The first-order valence-electron chi connectivity index (χ1n) is 17.2. The molecule has 0 spiro atoms. The van der Waals surface area contributed by atoms with Gasteiger partial charge in [-0.1, -0.05) is 62.2 Å². The summed E-state index contributed by atoms with van der Waals surface area (Å²) in [5, 5.41) is 6.35. The quantitative estimate of drug-likeness (QED) is 0.112. The molecule has 0 saturated heterocycles. The summed E-state index contributed by atoms with van der Waals surface area (Å²) >= 11 is 0. The summed E-state index contributed by atoms with van der Waals surface area (Å²) < 4.78 is 5.82. The molecule has 0 aromatic heterocycles. The second-order valence-corrected chi connectivity index (χ2v) is 13.5. The Bertz CT molecular complexity index is 1260. The van der Waals surface area contributed by atoms with Crippen LogP contribution in [-0.4, -0.2) is 37.0 Å². The summed E-state index contributed by atoms with van der Waals surface area (Å²) in [6.07, 6.45) is 13.3. The van der Waals surface area contributed by atoms with Gasteiger partial charge in [0.25, 0.3) is 5.91 Å². The number of esters is 1. The van der Waals surface area contributed by atoms with E-state index in [0.29, 0.717) is 43.0 Å². The normalized spacial score (nSPS) is 23.4. The molecule has 3 aliphatic rings. The number of amides is 2. The Morgan fingerprint density at radius 2 is 1.73 bits per heavy atom. The molecule has 244 valence electrons. The maximum atomic E-state index is 13.1. The van der Waals surface area contributed by atoms with Gasteiger partial charge in [-0.2, -0.15) is 0 Å². The Balaban J connectivity index is 0.980. The molecule has 2 aromatic carbocycles. The van der Waals surface area contributed by atoms with Crippen LogP contribution in [0.5, 0.6) is 0 Å². The molecule has 3 fully saturated rings. The molecule has 2 aromatic rings. The minimum Gasteiger partial charge on any atom is -0.461 e. The van der Waals surface area contributed by atoms with Crippen LogP contribution in [0.1, 0.15) is 118 Å². The molecule has 8 nitrogen and oxygen atoms in total. The highest BCUT2D eigenvalue weighted by molar-refractivity contribution is 5.94. The lowest BCUT2D eigenvalue weighted by atomic mass is 9.50. The van der Waals surface area contributed by atoms with Crippen molar-refractivity contribution >= 4 is 17.8 Å². The van der Waals surface area contributed by atoms with Crippen LogP contribution in [0.25, 0.3) is 0 Å². The van der Waals surface area contributed by atoms with Gasteiger partial charge >= 0.3 is 5.97 Å². The largest absolute Gasteiger partial charge is 0.461 e. The maximum absolute atomic E-state index is 13.1. The van der Waals surface area contributed by atoms with Gasteiger partial charge in [0.15, 0.2) is 0 Å². The standard InChI is InChI=1S/C37H51N3O5/c1-37-22-21-30(37)16-11-17-31(37)26-44-40-33(41)20-6-3-9-23-38-35(42)29-15-10-12-27(24-29)25-39-34(28-13-4-2-5-14-28)36(43)45-32-18-7-8-19-32/h2,4-5,10,12-15,24,30-32,34,39H,3,6-9,11,16-23,25-26H2,1H3,(H,38,42)(H,40,41)/t30?,31?,34-,37+/m0/s1. The topological polar surface area (TPSA) is 106 Å². The van der Waals surface area contributed by atoms with Crippen molar-refractivity contribution in [3.8, 4) is 0 Å². The Labute approximate surface area is 268 Å². The lowest BCUT2D eigenvalue weighted by Crippen LogP contribution is -2.48. The lowest BCUT2D eigenvalue weighted by Gasteiger charge is -2.55. The Morgan fingerprint density at radius 3 is 2.51 bits per heavy atom. The summed E-state index contributed by atoms with van der Waals surface area (Å²) in [5.74, 6) is 0.924. The first-order chi connectivity index (χ1) is 21.9. The van der Waals surface area contributed by atoms with Crippen molar-refractivity contribution in [3.05, 3.63) is 71.3 Å². The van der Waals surface area contributed by atoms with E-state index in [1.165, 1.54) is 32.1 Å². The van der Waals surface area contributed by atoms with Gasteiger partial charge in [-0.25, -0.2) is 10.3 Å². The monoisotopic (exact) mass is 617 g/mol. The van der Waals surface area contributed by atoms with Gasteiger partial charge in [0.1, 0.15) is 12.1 Å². The van der Waals surface area contributed by atoms with Crippen LogP contribution in [0.3, 0.4) is 0 Å². The minimum absolute atomic E-state index is 0.00135. The average Bonchev–Trinajstić information content (AvgIpc) is 3.56. The first kappa shape index (κ1) is 33.1. The van der Waals surface area contributed by atoms with Crippen LogP contribution in [0.4, 0.5) is 0 Å². The molecule has 0 bridgehead atoms. The number of hydrogen-bond donors (Lipinski definition) is 3. The zero-order valence-corrected chi connectivity index (χ0v) is 26.9. The van der Waals surface area contributed by atoms with Crippen molar-refractivity contribution < 1.29 is 24.0 Å². The molecule has 3 N–H and O–H groups in total. The summed E-state index contributed by atoms with van der Waals surface area (Å²) in [4.78, 5) is 43.8. The van der Waals surface area contributed by atoms with E-state index in [0.717, 1.165) is 62.0 Å². The van der Waals surface area contributed by atoms with E-state index in [9.17, 15) is 14.4 Å². The van der Waals surface area contributed by atoms with Gasteiger partial charge in [-0.15, -0.1) is 0 Å². The Hall–Kier alpha value is -3.23. The summed E-state index contributed by atoms with van der Waals surface area (Å²) in [7, 11) is 0. The zero-order valence-electron chi connectivity index (χ0n) is 26.9. The van der Waals surface area contributed by atoms with Crippen molar-refractivity contribution in [2.75, 3.05) is 13.2 Å². The van der Waals surface area contributed by atoms with Crippen molar-refractivity contribution in [1.29, 1.82) is 0 Å². The number of hydroxylamine groups is 1. The summed E-state index contributed by atoms with van der Waals surface area (Å²) in [5.41, 5.74) is 5.41. The third-order valence-corrected chi connectivity index (χ3v) is 10.5. The fourth-order valence-electron chi connectivity index (χ4n) is 7.46. The molecule has 2 amide bonds. The second-order valence-electron chi connectivity index (χ2n) is 13.5. The Morgan fingerprint density at radius 1 is 0.911 bits per heavy atom. The molecule has 8 heteroatoms. The highest BCUT2D eigenvalue weighted by atomic mass is 16.7. The number of ether oxygens (including phenoxy) is 1. The van der Waals surface area contributed by atoms with Gasteiger partial charge in [-0.05, 0) is 105 Å². The number of fused-ring (bicyclic) bond motifs is 1. The van der Waals surface area contributed by atoms with E-state index in [-0.39, 0.29) is 23.9 Å². The number of rotatable bonds is 16. The van der Waals surface area contributed by atoms with E-state index in [4.69, 9.17) is 9.57 Å². The van der Waals surface area contributed by atoms with Crippen LogP contribution in [0, 0.1) is 17.3 Å². The van der Waals surface area contributed by atoms with Crippen LogP contribution in [0.15, 0.2) is 54.6 Å². The zero-order chi connectivity index (χ0) is 31.5. The Kier molecular flexibility index (Phi) is 12.1. The third-order valence-electron chi connectivity index (χ3n) is 10.5. The number of carbonyl (C=O) groups is 3. The predicted molar refractivity (Wildman–Crippen MR) is 174 cm³/mol. The second kappa shape index (κ2) is 16.4. The SMILES string of the molecule is C[C@@]12CCC1CCCC2CONC(=O)CCCCCNC(=O)c1cccc(CN[C@H](C(=O)OC2CCCC2)c2ccccc2)c1. The van der Waals surface area contributed by atoms with Crippen molar-refractivity contribution in [2.45, 2.75) is 109 Å². The molecule has 45 heavy (non-hydrogen) atoms. The number of carbonyl (C=O) groups excluding carboxylic acids is 3. The number of nitrogens with one attached hydrogen (secondary N) is 3. The van der Waals surface area contributed by atoms with Gasteiger partial charge in [0, 0.05) is 25.1 Å². The summed E-state index contributed by atoms with van der Waals surface area (Å²) in [6, 6.07) is 16.5. The molecule has 5 rings (SSSR count). The highest BCUT2D eigenvalue weighted by Crippen LogP contribution is 2.58. The molecular formula is C37H51N3O5. The fraction of sp³-hybridized carbons (Fsp3) is 0.595. The van der Waals surface area contributed by atoms with E-state index in [1.54, 1.807) is 6.07 Å². The molecule has 3 saturated carbocycles. The van der Waals surface area contributed by atoms with Crippen LogP contribution >= 0.6 is 0 Å². The first-order valence-corrected chi connectivity index (χ1v) is 17.2. The third kappa shape index (κ3) is 9.17. The molecule has 0 heterocycles. The lowest BCUT2D eigenvalue weighted by molar-refractivity contribution is -0.151. The van der Waals surface area contributed by atoms with Gasteiger partial charge in [0.05, 0.1) is 6.61 Å². The van der Waals surface area contributed by atoms with E-state index in [2.05, 4.69) is 23.0 Å². The maximum Gasteiger partial charge on any atom is 0.328 e. The van der Waals surface area contributed by atoms with E-state index >= 15 is 0 Å². The molecule has 4 atom stereocenters. The van der Waals surface area contributed by atoms with Crippen molar-refractivity contribution in [2.24, 2.45) is 17.3 Å².